The number of ether oxygens (including phenoxy) is 1. The van der Waals surface area contributed by atoms with Crippen molar-refractivity contribution in [3.63, 3.8) is 0 Å². The first kappa shape index (κ1) is 15.6. The summed E-state index contributed by atoms with van der Waals surface area (Å²) < 4.78 is 44.9. The van der Waals surface area contributed by atoms with Crippen LogP contribution in [-0.2, 0) is 14.8 Å². The summed E-state index contributed by atoms with van der Waals surface area (Å²) in [4.78, 5) is 13.3. The lowest BCUT2D eigenvalue weighted by Gasteiger charge is -2.08. The second kappa shape index (κ2) is 5.70. The predicted octanol–water partition coefficient (Wildman–Crippen LogP) is 1.33. The zero-order valence-electron chi connectivity index (χ0n) is 11.2. The molecule has 6 nitrogen and oxygen atoms in total. The molecule has 0 unspecified atom stereocenters. The fourth-order valence-electron chi connectivity index (χ4n) is 1.61. The number of hydrogen-bond donors (Lipinski definition) is 2. The minimum absolute atomic E-state index is 0.0497. The lowest BCUT2D eigenvalue weighted by molar-refractivity contribution is 0.0514. The highest BCUT2D eigenvalue weighted by Crippen LogP contribution is 2.23. The molecule has 19 heavy (non-hydrogen) atoms. The van der Waals surface area contributed by atoms with E-state index in [1.807, 2.05) is 0 Å². The quantitative estimate of drug-likeness (QED) is 0.801. The average Bonchev–Trinajstić information content (AvgIpc) is 2.53. The molecule has 0 saturated heterocycles. The van der Waals surface area contributed by atoms with Crippen LogP contribution in [0.15, 0.2) is 4.90 Å². The molecule has 0 aliphatic carbocycles. The number of carbonyl (C=O) groups excluding carboxylic acids is 1. The molecule has 0 fully saturated rings. The standard InChI is InChI=1S/C11H17FN2O4S/c1-5-18-11(15)9-8(12)10(7(4)13-9)19(16,17)14-6(2)3/h6,13-14H,5H2,1-4H3. The van der Waals surface area contributed by atoms with Crippen molar-refractivity contribution in [1.29, 1.82) is 0 Å². The van der Waals surface area contributed by atoms with Crippen molar-refractivity contribution in [2.24, 2.45) is 0 Å². The number of H-pyrrole nitrogens is 1. The summed E-state index contributed by atoms with van der Waals surface area (Å²) in [5, 5.41) is 0. The number of sulfonamides is 1. The number of nitrogens with one attached hydrogen (secondary N) is 2. The molecule has 0 aliphatic heterocycles. The number of halogens is 1. The maximum atomic E-state index is 14.1. The van der Waals surface area contributed by atoms with Gasteiger partial charge in [-0.15, -0.1) is 0 Å². The third kappa shape index (κ3) is 3.32. The third-order valence-corrected chi connectivity index (χ3v) is 4.02. The summed E-state index contributed by atoms with van der Waals surface area (Å²) in [6.07, 6.45) is 0. The number of hydrogen-bond acceptors (Lipinski definition) is 4. The molecular weight excluding hydrogens is 275 g/mol. The number of aromatic nitrogens is 1. The van der Waals surface area contributed by atoms with Gasteiger partial charge in [-0.05, 0) is 27.7 Å². The average molecular weight is 292 g/mol. The summed E-state index contributed by atoms with van der Waals surface area (Å²) in [5.41, 5.74) is -0.433. The van der Waals surface area contributed by atoms with Crippen LogP contribution in [0, 0.1) is 12.7 Å². The maximum Gasteiger partial charge on any atom is 0.357 e. The minimum Gasteiger partial charge on any atom is -0.461 e. The van der Waals surface area contributed by atoms with Crippen LogP contribution in [-0.4, -0.2) is 32.0 Å². The van der Waals surface area contributed by atoms with Crippen LogP contribution >= 0.6 is 0 Å². The van der Waals surface area contributed by atoms with Gasteiger partial charge in [0.25, 0.3) is 0 Å². The summed E-state index contributed by atoms with van der Waals surface area (Å²) >= 11 is 0. The number of rotatable bonds is 5. The summed E-state index contributed by atoms with van der Waals surface area (Å²) in [5.74, 6) is -2.04. The molecular formula is C11H17FN2O4S. The van der Waals surface area contributed by atoms with Crippen molar-refractivity contribution < 1.29 is 22.3 Å². The molecule has 2 N–H and O–H groups in total. The molecule has 0 spiro atoms. The van der Waals surface area contributed by atoms with E-state index in [0.29, 0.717) is 0 Å². The van der Waals surface area contributed by atoms with Crippen molar-refractivity contribution in [2.45, 2.75) is 38.6 Å². The Bertz CT molecular complexity index is 578. The van der Waals surface area contributed by atoms with Gasteiger partial charge in [-0.25, -0.2) is 22.3 Å². The molecule has 0 aliphatic rings. The molecule has 0 atom stereocenters. The van der Waals surface area contributed by atoms with Crippen molar-refractivity contribution in [1.82, 2.24) is 9.71 Å². The zero-order chi connectivity index (χ0) is 14.8. The molecule has 0 radical (unpaired) electrons. The molecule has 1 aromatic heterocycles. The molecule has 0 amide bonds. The van der Waals surface area contributed by atoms with Gasteiger partial charge in [0, 0.05) is 11.7 Å². The fourth-order valence-corrected chi connectivity index (χ4v) is 3.14. The van der Waals surface area contributed by atoms with Crippen LogP contribution in [0.3, 0.4) is 0 Å². The highest BCUT2D eigenvalue weighted by atomic mass is 32.2. The molecule has 1 aromatic rings. The van der Waals surface area contributed by atoms with Crippen LogP contribution in [0.4, 0.5) is 4.39 Å². The van der Waals surface area contributed by atoms with E-state index in [9.17, 15) is 17.6 Å². The molecule has 108 valence electrons. The third-order valence-electron chi connectivity index (χ3n) is 2.21. The monoisotopic (exact) mass is 292 g/mol. The van der Waals surface area contributed by atoms with Gasteiger partial charge in [0.1, 0.15) is 4.90 Å². The number of aryl methyl sites for hydroxylation is 1. The number of esters is 1. The molecule has 1 heterocycles. The van der Waals surface area contributed by atoms with Gasteiger partial charge >= 0.3 is 5.97 Å². The van der Waals surface area contributed by atoms with E-state index in [-0.39, 0.29) is 18.3 Å². The van der Waals surface area contributed by atoms with E-state index in [0.717, 1.165) is 0 Å². The molecule has 8 heteroatoms. The van der Waals surface area contributed by atoms with E-state index >= 15 is 0 Å². The second-order valence-electron chi connectivity index (χ2n) is 4.26. The predicted molar refractivity (Wildman–Crippen MR) is 66.9 cm³/mol. The highest BCUT2D eigenvalue weighted by molar-refractivity contribution is 7.89. The Labute approximate surface area is 111 Å². The number of carbonyl (C=O) groups is 1. The summed E-state index contributed by atoms with van der Waals surface area (Å²) in [7, 11) is -4.01. The Morgan fingerprint density at radius 3 is 2.53 bits per heavy atom. The fraction of sp³-hybridized carbons (Fsp3) is 0.545. The van der Waals surface area contributed by atoms with E-state index in [1.165, 1.54) is 6.92 Å². The Hall–Kier alpha value is -1.41. The topological polar surface area (TPSA) is 88.3 Å². The van der Waals surface area contributed by atoms with E-state index in [1.54, 1.807) is 20.8 Å². The van der Waals surface area contributed by atoms with E-state index in [2.05, 4.69) is 14.4 Å². The minimum atomic E-state index is -4.01. The highest BCUT2D eigenvalue weighted by Gasteiger charge is 2.30. The smallest absolute Gasteiger partial charge is 0.357 e. The zero-order valence-corrected chi connectivity index (χ0v) is 12.0. The van der Waals surface area contributed by atoms with Gasteiger partial charge in [0.15, 0.2) is 11.5 Å². The van der Waals surface area contributed by atoms with Crippen LogP contribution < -0.4 is 4.72 Å². The van der Waals surface area contributed by atoms with Gasteiger partial charge in [0.2, 0.25) is 10.0 Å². The lowest BCUT2D eigenvalue weighted by atomic mass is 10.4. The van der Waals surface area contributed by atoms with E-state index in [4.69, 9.17) is 0 Å². The maximum absolute atomic E-state index is 14.1. The molecule has 0 aromatic carbocycles. The van der Waals surface area contributed by atoms with Crippen molar-refractivity contribution in [3.05, 3.63) is 17.2 Å². The van der Waals surface area contributed by atoms with Gasteiger partial charge < -0.3 is 9.72 Å². The first-order chi connectivity index (χ1) is 8.70. The second-order valence-corrected chi connectivity index (χ2v) is 5.92. The molecule has 0 saturated carbocycles. The number of aromatic amines is 1. The van der Waals surface area contributed by atoms with Crippen molar-refractivity contribution >= 4 is 16.0 Å². The Kier molecular flexibility index (Phi) is 4.70. The van der Waals surface area contributed by atoms with Crippen LogP contribution in [0.1, 0.15) is 37.0 Å². The van der Waals surface area contributed by atoms with Gasteiger partial charge in [-0.2, -0.15) is 0 Å². The van der Waals surface area contributed by atoms with Crippen molar-refractivity contribution in [2.75, 3.05) is 6.61 Å². The lowest BCUT2D eigenvalue weighted by Crippen LogP contribution is -2.31. The van der Waals surface area contributed by atoms with Crippen LogP contribution in [0.5, 0.6) is 0 Å². The largest absolute Gasteiger partial charge is 0.461 e. The van der Waals surface area contributed by atoms with Crippen LogP contribution in [0.25, 0.3) is 0 Å². The van der Waals surface area contributed by atoms with Gasteiger partial charge in [-0.3, -0.25) is 0 Å². The summed E-state index contributed by atoms with van der Waals surface area (Å²) in [6.45, 7) is 6.25. The Morgan fingerprint density at radius 2 is 2.05 bits per heavy atom. The first-order valence-electron chi connectivity index (χ1n) is 5.78. The van der Waals surface area contributed by atoms with E-state index < -0.39 is 32.4 Å². The SMILES string of the molecule is CCOC(=O)c1[nH]c(C)c(S(=O)(=O)NC(C)C)c1F. The Morgan fingerprint density at radius 1 is 1.47 bits per heavy atom. The van der Waals surface area contributed by atoms with Crippen LogP contribution in [0.2, 0.25) is 0 Å². The van der Waals surface area contributed by atoms with Gasteiger partial charge in [0.05, 0.1) is 6.61 Å². The first-order valence-corrected chi connectivity index (χ1v) is 7.26. The Balaban J connectivity index is 3.28. The molecule has 0 bridgehead atoms. The normalized spacial score (nSPS) is 11.9. The van der Waals surface area contributed by atoms with Gasteiger partial charge in [-0.1, -0.05) is 0 Å². The van der Waals surface area contributed by atoms with Crippen molar-refractivity contribution in [3.8, 4) is 0 Å². The summed E-state index contributed by atoms with van der Waals surface area (Å²) in [6, 6.07) is -0.384. The molecule has 1 rings (SSSR count).